The van der Waals surface area contributed by atoms with Crippen molar-refractivity contribution in [2.24, 2.45) is 0 Å². The number of furan rings is 1. The molecule has 24 heavy (non-hydrogen) atoms. The van der Waals surface area contributed by atoms with Gasteiger partial charge in [-0.2, -0.15) is 0 Å². The first kappa shape index (κ1) is 15.8. The first-order valence-corrected chi connectivity index (χ1v) is 7.88. The number of nitrogens with zero attached hydrogens (tertiary/aromatic N) is 2. The van der Waals surface area contributed by atoms with Crippen LogP contribution in [-0.4, -0.2) is 20.9 Å². The third-order valence-corrected chi connectivity index (χ3v) is 3.95. The molecule has 0 aromatic carbocycles. The Kier molecular flexibility index (Phi) is 4.62. The van der Waals surface area contributed by atoms with Crippen LogP contribution in [-0.2, 0) is 5.75 Å². The number of nitrogen functional groups attached to an aromatic ring is 1. The van der Waals surface area contributed by atoms with Crippen molar-refractivity contribution in [3.8, 4) is 0 Å². The third-order valence-electron chi connectivity index (χ3n) is 3.01. The summed E-state index contributed by atoms with van der Waals surface area (Å²) in [6.45, 7) is 0. The number of carbonyl (C=O) groups excluding carboxylic acids is 1. The summed E-state index contributed by atoms with van der Waals surface area (Å²) in [5, 5.41) is 2.76. The number of nitrogens with one attached hydrogen (secondary N) is 2. The molecule has 3 heterocycles. The minimum atomic E-state index is -0.574. The summed E-state index contributed by atoms with van der Waals surface area (Å²) < 4.78 is 4.96. The predicted octanol–water partition coefficient (Wildman–Crippen LogP) is 1.88. The molecule has 0 radical (unpaired) electrons. The average Bonchev–Trinajstić information content (AvgIpc) is 3.12. The van der Waals surface area contributed by atoms with Crippen LogP contribution in [0.2, 0.25) is 0 Å². The van der Waals surface area contributed by atoms with E-state index in [4.69, 9.17) is 10.2 Å². The molecule has 0 saturated carbocycles. The Bertz CT molecular complexity index is 893. The fraction of sp³-hybridized carbons (Fsp3) is 0.0667. The number of amides is 1. The smallest absolute Gasteiger partial charge is 0.291 e. The molecule has 0 spiro atoms. The summed E-state index contributed by atoms with van der Waals surface area (Å²) in [7, 11) is 0. The molecular weight excluding hydrogens is 330 g/mol. The van der Waals surface area contributed by atoms with Gasteiger partial charge in [0.15, 0.2) is 22.4 Å². The number of thioether (sulfide) groups is 1. The molecule has 122 valence electrons. The SMILES string of the molecule is Nc1nc(SCc2cccnc2)[nH]c(=O)c1NC(=O)c1ccco1. The fourth-order valence-electron chi connectivity index (χ4n) is 1.88. The summed E-state index contributed by atoms with van der Waals surface area (Å²) in [5.74, 6) is 0.0138. The third kappa shape index (κ3) is 3.63. The van der Waals surface area contributed by atoms with Crippen LogP contribution < -0.4 is 16.6 Å². The van der Waals surface area contributed by atoms with Gasteiger partial charge in [0.2, 0.25) is 0 Å². The molecule has 3 aromatic heterocycles. The van der Waals surface area contributed by atoms with E-state index in [2.05, 4.69) is 20.3 Å². The first-order chi connectivity index (χ1) is 11.6. The van der Waals surface area contributed by atoms with Gasteiger partial charge in [0.25, 0.3) is 11.5 Å². The Hall–Kier alpha value is -3.07. The summed E-state index contributed by atoms with van der Waals surface area (Å²) in [5.41, 5.74) is 6.14. The lowest BCUT2D eigenvalue weighted by Crippen LogP contribution is -2.22. The number of aromatic nitrogens is 3. The van der Waals surface area contributed by atoms with Gasteiger partial charge in [-0.1, -0.05) is 17.8 Å². The van der Waals surface area contributed by atoms with E-state index in [1.807, 2.05) is 12.1 Å². The maximum Gasteiger partial charge on any atom is 0.291 e. The van der Waals surface area contributed by atoms with Crippen molar-refractivity contribution in [3.05, 3.63) is 64.6 Å². The van der Waals surface area contributed by atoms with Crippen LogP contribution >= 0.6 is 11.8 Å². The van der Waals surface area contributed by atoms with Crippen molar-refractivity contribution in [3.63, 3.8) is 0 Å². The van der Waals surface area contributed by atoms with Crippen LogP contribution in [0.1, 0.15) is 16.1 Å². The number of hydrogen-bond acceptors (Lipinski definition) is 7. The van der Waals surface area contributed by atoms with E-state index in [-0.39, 0.29) is 17.3 Å². The van der Waals surface area contributed by atoms with Gasteiger partial charge in [0.05, 0.1) is 6.26 Å². The molecule has 0 aliphatic rings. The van der Waals surface area contributed by atoms with E-state index in [0.29, 0.717) is 10.9 Å². The van der Waals surface area contributed by atoms with E-state index < -0.39 is 11.5 Å². The number of carbonyl (C=O) groups is 1. The van der Waals surface area contributed by atoms with Gasteiger partial charge in [0, 0.05) is 18.1 Å². The van der Waals surface area contributed by atoms with Crippen LogP contribution in [0.15, 0.2) is 57.3 Å². The zero-order valence-corrected chi connectivity index (χ0v) is 13.2. The van der Waals surface area contributed by atoms with Crippen molar-refractivity contribution in [2.45, 2.75) is 10.9 Å². The molecule has 4 N–H and O–H groups in total. The molecule has 9 heteroatoms. The van der Waals surface area contributed by atoms with Crippen molar-refractivity contribution >= 4 is 29.2 Å². The number of rotatable bonds is 5. The van der Waals surface area contributed by atoms with Gasteiger partial charge < -0.3 is 15.5 Å². The van der Waals surface area contributed by atoms with Crippen molar-refractivity contribution < 1.29 is 9.21 Å². The van der Waals surface area contributed by atoms with Gasteiger partial charge in [-0.15, -0.1) is 0 Å². The van der Waals surface area contributed by atoms with Crippen LogP contribution in [0.4, 0.5) is 11.5 Å². The standard InChI is InChI=1S/C15H13N5O3S/c16-12-11(18-13(21)10-4-2-6-23-10)14(22)20-15(19-12)24-8-9-3-1-5-17-7-9/h1-7H,8H2,(H,18,21)(H3,16,19,20,22). The van der Waals surface area contributed by atoms with Gasteiger partial charge in [-0.05, 0) is 23.8 Å². The van der Waals surface area contributed by atoms with Crippen LogP contribution in [0.3, 0.4) is 0 Å². The summed E-state index contributed by atoms with van der Waals surface area (Å²) >= 11 is 1.31. The lowest BCUT2D eigenvalue weighted by atomic mass is 10.3. The molecule has 0 unspecified atom stereocenters. The van der Waals surface area contributed by atoms with Gasteiger partial charge in [-0.3, -0.25) is 19.6 Å². The largest absolute Gasteiger partial charge is 0.459 e. The lowest BCUT2D eigenvalue weighted by molar-refractivity contribution is 0.0996. The van der Waals surface area contributed by atoms with Crippen molar-refractivity contribution in [1.29, 1.82) is 0 Å². The Morgan fingerprint density at radius 2 is 2.25 bits per heavy atom. The van der Waals surface area contributed by atoms with Gasteiger partial charge in [-0.25, -0.2) is 4.98 Å². The molecule has 8 nitrogen and oxygen atoms in total. The highest BCUT2D eigenvalue weighted by molar-refractivity contribution is 7.98. The lowest BCUT2D eigenvalue weighted by Gasteiger charge is -2.07. The average molecular weight is 343 g/mol. The quantitative estimate of drug-likeness (QED) is 0.477. The Balaban J connectivity index is 1.74. The Labute approximate surface area is 140 Å². The maximum absolute atomic E-state index is 12.1. The number of aromatic amines is 1. The normalized spacial score (nSPS) is 10.5. The van der Waals surface area contributed by atoms with Crippen LogP contribution in [0.5, 0.6) is 0 Å². The van der Waals surface area contributed by atoms with Crippen LogP contribution in [0, 0.1) is 0 Å². The highest BCUT2D eigenvalue weighted by atomic mass is 32.2. The minimum absolute atomic E-state index is 0.0626. The second kappa shape index (κ2) is 7.01. The number of nitrogens with two attached hydrogens (primary N) is 1. The second-order valence-electron chi connectivity index (χ2n) is 4.71. The minimum Gasteiger partial charge on any atom is -0.459 e. The van der Waals surface area contributed by atoms with Gasteiger partial charge >= 0.3 is 0 Å². The molecule has 0 atom stereocenters. The molecule has 0 fully saturated rings. The second-order valence-corrected chi connectivity index (χ2v) is 5.68. The molecule has 0 bridgehead atoms. The molecule has 3 aromatic rings. The molecule has 1 amide bonds. The van der Waals surface area contributed by atoms with Crippen molar-refractivity contribution in [1.82, 2.24) is 15.0 Å². The van der Waals surface area contributed by atoms with E-state index in [0.717, 1.165) is 5.56 Å². The topological polar surface area (TPSA) is 127 Å². The number of pyridine rings is 1. The zero-order chi connectivity index (χ0) is 16.9. The highest BCUT2D eigenvalue weighted by Crippen LogP contribution is 2.20. The summed E-state index contributed by atoms with van der Waals surface area (Å²) in [6, 6.07) is 6.79. The fourth-order valence-corrected chi connectivity index (χ4v) is 2.68. The molecule has 0 aliphatic heterocycles. The van der Waals surface area contributed by atoms with Crippen LogP contribution in [0.25, 0.3) is 0 Å². The number of H-pyrrole nitrogens is 1. The van der Waals surface area contributed by atoms with Gasteiger partial charge in [0.1, 0.15) is 0 Å². The number of hydrogen-bond donors (Lipinski definition) is 3. The monoisotopic (exact) mass is 343 g/mol. The van der Waals surface area contributed by atoms with E-state index >= 15 is 0 Å². The van der Waals surface area contributed by atoms with Crippen molar-refractivity contribution in [2.75, 3.05) is 11.1 Å². The molecular formula is C15H13N5O3S. The van der Waals surface area contributed by atoms with E-state index in [9.17, 15) is 9.59 Å². The molecule has 0 aliphatic carbocycles. The zero-order valence-electron chi connectivity index (χ0n) is 12.4. The predicted molar refractivity (Wildman–Crippen MR) is 89.7 cm³/mol. The molecule has 0 saturated heterocycles. The van der Waals surface area contributed by atoms with E-state index in [1.165, 1.54) is 24.1 Å². The highest BCUT2D eigenvalue weighted by Gasteiger charge is 2.15. The summed E-state index contributed by atoms with van der Waals surface area (Å²) in [4.78, 5) is 34.8. The maximum atomic E-state index is 12.1. The molecule has 3 rings (SSSR count). The summed E-state index contributed by atoms with van der Waals surface area (Å²) in [6.07, 6.45) is 4.77. The van der Waals surface area contributed by atoms with E-state index in [1.54, 1.807) is 18.5 Å². The Morgan fingerprint density at radius 1 is 1.38 bits per heavy atom. The Morgan fingerprint density at radius 3 is 2.92 bits per heavy atom. The first-order valence-electron chi connectivity index (χ1n) is 6.90. The number of anilines is 2.